The van der Waals surface area contributed by atoms with E-state index in [2.05, 4.69) is 96.4 Å². The van der Waals surface area contributed by atoms with Crippen LogP contribution in [-0.2, 0) is 0 Å². The molecular weight excluding hydrogens is 320 g/mol. The number of hydrogen-bond acceptors (Lipinski definition) is 1. The molecule has 120 valence electrons. The quantitative estimate of drug-likeness (QED) is 0.298. The minimum atomic E-state index is 1.28. The van der Waals surface area contributed by atoms with E-state index in [0.717, 1.165) is 0 Å². The molecular formula is C24H18S. The van der Waals surface area contributed by atoms with Crippen LogP contribution >= 0.6 is 11.3 Å². The molecule has 1 heterocycles. The third-order valence-corrected chi connectivity index (χ3v) is 5.12. The van der Waals surface area contributed by atoms with E-state index in [1.165, 1.54) is 32.0 Å². The first-order valence-electron chi connectivity index (χ1n) is 8.37. The van der Waals surface area contributed by atoms with E-state index in [4.69, 9.17) is 0 Å². The Morgan fingerprint density at radius 2 is 1.04 bits per heavy atom. The van der Waals surface area contributed by atoms with Crippen molar-refractivity contribution in [3.05, 3.63) is 109 Å². The molecule has 0 bridgehead atoms. The Morgan fingerprint density at radius 3 is 1.72 bits per heavy atom. The van der Waals surface area contributed by atoms with Gasteiger partial charge in [-0.1, -0.05) is 91.0 Å². The van der Waals surface area contributed by atoms with Crippen LogP contribution < -0.4 is 0 Å². The SMILES string of the molecule is c1ccc(-c2ccccc2)cc1.c1ccc2c(c1)ccc1sccc12. The molecule has 0 aliphatic heterocycles. The zero-order chi connectivity index (χ0) is 16.9. The summed E-state index contributed by atoms with van der Waals surface area (Å²) < 4.78 is 1.37. The summed E-state index contributed by atoms with van der Waals surface area (Å²) in [5.74, 6) is 0. The predicted octanol–water partition coefficient (Wildman–Crippen LogP) is 7.41. The molecule has 0 saturated heterocycles. The van der Waals surface area contributed by atoms with E-state index in [0.29, 0.717) is 0 Å². The van der Waals surface area contributed by atoms with Gasteiger partial charge in [0.25, 0.3) is 0 Å². The van der Waals surface area contributed by atoms with Gasteiger partial charge >= 0.3 is 0 Å². The van der Waals surface area contributed by atoms with Gasteiger partial charge in [-0.3, -0.25) is 0 Å². The standard InChI is InChI=1S/C12H8S.C12H10/c1-2-4-10-9(3-1)5-6-12-11(10)7-8-13-12;1-3-7-11(8-4-1)12-9-5-2-6-10-12/h1-8H;1-10H. The van der Waals surface area contributed by atoms with E-state index in [1.807, 2.05) is 12.1 Å². The first kappa shape index (κ1) is 15.6. The van der Waals surface area contributed by atoms with Crippen molar-refractivity contribution in [2.24, 2.45) is 0 Å². The van der Waals surface area contributed by atoms with Crippen LogP contribution in [0.15, 0.2) is 109 Å². The highest BCUT2D eigenvalue weighted by molar-refractivity contribution is 7.17. The van der Waals surface area contributed by atoms with Crippen LogP contribution in [-0.4, -0.2) is 0 Å². The average molecular weight is 338 g/mol. The highest BCUT2D eigenvalue weighted by Gasteiger charge is 1.99. The number of thiophene rings is 1. The van der Waals surface area contributed by atoms with Gasteiger partial charge in [0.1, 0.15) is 0 Å². The minimum Gasteiger partial charge on any atom is -0.144 e. The molecule has 0 amide bonds. The Hall–Kier alpha value is -2.90. The molecule has 5 aromatic rings. The largest absolute Gasteiger partial charge is 0.144 e. The fourth-order valence-electron chi connectivity index (χ4n) is 2.99. The lowest BCUT2D eigenvalue weighted by Crippen LogP contribution is -1.73. The Labute approximate surface area is 152 Å². The van der Waals surface area contributed by atoms with Crippen molar-refractivity contribution in [3.63, 3.8) is 0 Å². The maximum Gasteiger partial charge on any atom is 0.0349 e. The molecule has 4 aromatic carbocycles. The Bertz CT molecular complexity index is 1040. The molecule has 0 N–H and O–H groups in total. The van der Waals surface area contributed by atoms with E-state index in [9.17, 15) is 0 Å². The molecule has 5 rings (SSSR count). The van der Waals surface area contributed by atoms with Crippen molar-refractivity contribution in [2.45, 2.75) is 0 Å². The molecule has 0 atom stereocenters. The summed E-state index contributed by atoms with van der Waals surface area (Å²) in [5, 5.41) is 6.22. The van der Waals surface area contributed by atoms with E-state index >= 15 is 0 Å². The van der Waals surface area contributed by atoms with Crippen molar-refractivity contribution >= 4 is 32.2 Å². The molecule has 0 fully saturated rings. The van der Waals surface area contributed by atoms with Crippen LogP contribution in [0.25, 0.3) is 32.0 Å². The summed E-state index contributed by atoms with van der Waals surface area (Å²) in [6.45, 7) is 0. The second kappa shape index (κ2) is 7.33. The Morgan fingerprint density at radius 1 is 0.440 bits per heavy atom. The van der Waals surface area contributed by atoms with Gasteiger partial charge in [-0.25, -0.2) is 0 Å². The normalized spacial score (nSPS) is 10.4. The summed E-state index contributed by atoms with van der Waals surface area (Å²) >= 11 is 1.80. The molecule has 0 spiro atoms. The maximum atomic E-state index is 2.20. The number of rotatable bonds is 1. The minimum absolute atomic E-state index is 1.28. The second-order valence-corrected chi connectivity index (χ2v) is 6.80. The Kier molecular flexibility index (Phi) is 4.58. The first-order valence-corrected chi connectivity index (χ1v) is 9.25. The summed E-state index contributed by atoms with van der Waals surface area (Å²) in [4.78, 5) is 0. The molecule has 0 aliphatic carbocycles. The number of hydrogen-bond donors (Lipinski definition) is 0. The average Bonchev–Trinajstić information content (AvgIpc) is 3.19. The fraction of sp³-hybridized carbons (Fsp3) is 0. The van der Waals surface area contributed by atoms with Gasteiger partial charge in [-0.15, -0.1) is 11.3 Å². The van der Waals surface area contributed by atoms with Crippen molar-refractivity contribution in [1.29, 1.82) is 0 Å². The van der Waals surface area contributed by atoms with Crippen molar-refractivity contribution in [3.8, 4) is 11.1 Å². The second-order valence-electron chi connectivity index (χ2n) is 5.85. The van der Waals surface area contributed by atoms with Gasteiger partial charge in [-0.2, -0.15) is 0 Å². The lowest BCUT2D eigenvalue weighted by Gasteiger charge is -1.98. The number of fused-ring (bicyclic) bond motifs is 3. The van der Waals surface area contributed by atoms with Crippen molar-refractivity contribution in [1.82, 2.24) is 0 Å². The monoisotopic (exact) mass is 338 g/mol. The molecule has 0 nitrogen and oxygen atoms in total. The molecule has 0 unspecified atom stereocenters. The lowest BCUT2D eigenvalue weighted by atomic mass is 10.1. The highest BCUT2D eigenvalue weighted by Crippen LogP contribution is 2.28. The van der Waals surface area contributed by atoms with Crippen LogP contribution in [0.3, 0.4) is 0 Å². The number of benzene rings is 4. The summed E-state index contributed by atoms with van der Waals surface area (Å²) in [7, 11) is 0. The molecule has 0 radical (unpaired) electrons. The van der Waals surface area contributed by atoms with E-state index in [1.54, 1.807) is 11.3 Å². The zero-order valence-corrected chi connectivity index (χ0v) is 14.6. The fourth-order valence-corrected chi connectivity index (χ4v) is 3.79. The molecule has 1 heteroatoms. The van der Waals surface area contributed by atoms with E-state index < -0.39 is 0 Å². The first-order chi connectivity index (χ1) is 12.4. The summed E-state index contributed by atoms with van der Waals surface area (Å²) in [6.07, 6.45) is 0. The van der Waals surface area contributed by atoms with E-state index in [-0.39, 0.29) is 0 Å². The van der Waals surface area contributed by atoms with Crippen LogP contribution in [0, 0.1) is 0 Å². The lowest BCUT2D eigenvalue weighted by molar-refractivity contribution is 1.62. The third-order valence-electron chi connectivity index (χ3n) is 4.24. The summed E-state index contributed by atoms with van der Waals surface area (Å²) in [5.41, 5.74) is 2.55. The molecule has 25 heavy (non-hydrogen) atoms. The van der Waals surface area contributed by atoms with Crippen molar-refractivity contribution in [2.75, 3.05) is 0 Å². The Balaban J connectivity index is 0.000000126. The van der Waals surface area contributed by atoms with Gasteiger partial charge in [0, 0.05) is 10.1 Å². The van der Waals surface area contributed by atoms with Crippen molar-refractivity contribution < 1.29 is 0 Å². The molecule has 0 aliphatic rings. The van der Waals surface area contributed by atoms with Gasteiger partial charge in [-0.05, 0) is 39.4 Å². The van der Waals surface area contributed by atoms with Gasteiger partial charge in [0.05, 0.1) is 0 Å². The maximum absolute atomic E-state index is 2.20. The van der Waals surface area contributed by atoms with Crippen LogP contribution in [0.1, 0.15) is 0 Å². The predicted molar refractivity (Wildman–Crippen MR) is 111 cm³/mol. The van der Waals surface area contributed by atoms with Gasteiger partial charge < -0.3 is 0 Å². The topological polar surface area (TPSA) is 0 Å². The molecule has 1 aromatic heterocycles. The third kappa shape index (κ3) is 3.47. The summed E-state index contributed by atoms with van der Waals surface area (Å²) in [6, 6.07) is 35.9. The van der Waals surface area contributed by atoms with Crippen LogP contribution in [0.4, 0.5) is 0 Å². The smallest absolute Gasteiger partial charge is 0.0349 e. The highest BCUT2D eigenvalue weighted by atomic mass is 32.1. The zero-order valence-electron chi connectivity index (χ0n) is 13.8. The van der Waals surface area contributed by atoms with Gasteiger partial charge in [0.15, 0.2) is 0 Å². The van der Waals surface area contributed by atoms with Crippen LogP contribution in [0.2, 0.25) is 0 Å². The molecule has 0 saturated carbocycles. The van der Waals surface area contributed by atoms with Gasteiger partial charge in [0.2, 0.25) is 0 Å². The van der Waals surface area contributed by atoms with Crippen LogP contribution in [0.5, 0.6) is 0 Å².